The first-order chi connectivity index (χ1) is 15.7. The molecule has 2 heterocycles. The lowest BCUT2D eigenvalue weighted by Crippen LogP contribution is -2.26. The van der Waals surface area contributed by atoms with Crippen LogP contribution in [0, 0.1) is 0 Å². The third kappa shape index (κ3) is 4.42. The molecule has 0 aliphatic carbocycles. The molecule has 5 nitrogen and oxygen atoms in total. The molecule has 0 fully saturated rings. The number of nitrogens with one attached hydrogen (secondary N) is 1. The second-order valence-electron chi connectivity index (χ2n) is 7.10. The highest BCUT2D eigenvalue weighted by Gasteiger charge is 2.35. The molecule has 2 aromatic heterocycles. The summed E-state index contributed by atoms with van der Waals surface area (Å²) < 4.78 is 46.9. The Labute approximate surface area is 191 Å². The number of fused-ring (bicyclic) bond motifs is 1. The van der Waals surface area contributed by atoms with E-state index < -0.39 is 29.1 Å². The molecular formula is C24H16ClF3N2O3. The maximum atomic E-state index is 13.4. The zero-order chi connectivity index (χ0) is 23.8. The second-order valence-corrected chi connectivity index (χ2v) is 7.54. The Balaban J connectivity index is 1.76. The molecule has 9 heteroatoms. The highest BCUT2D eigenvalue weighted by atomic mass is 35.5. The Morgan fingerprint density at radius 2 is 1.73 bits per heavy atom. The number of aromatic nitrogens is 1. The Bertz CT molecular complexity index is 1360. The van der Waals surface area contributed by atoms with Crippen LogP contribution in [0.5, 0.6) is 5.75 Å². The van der Waals surface area contributed by atoms with Crippen LogP contribution in [0.2, 0.25) is 5.02 Å². The largest absolute Gasteiger partial charge is 0.497 e. The first-order valence-corrected chi connectivity index (χ1v) is 10.0. The van der Waals surface area contributed by atoms with Gasteiger partial charge in [-0.25, -0.2) is 0 Å². The van der Waals surface area contributed by atoms with Crippen molar-refractivity contribution >= 4 is 34.5 Å². The molecule has 1 N–H and O–H groups in total. The van der Waals surface area contributed by atoms with Gasteiger partial charge >= 0.3 is 6.18 Å². The van der Waals surface area contributed by atoms with Gasteiger partial charge < -0.3 is 14.5 Å². The minimum absolute atomic E-state index is 0.0239. The van der Waals surface area contributed by atoms with Crippen molar-refractivity contribution in [3.05, 3.63) is 89.2 Å². The number of ketones is 1. The monoisotopic (exact) mass is 472 g/mol. The summed E-state index contributed by atoms with van der Waals surface area (Å²) in [5.41, 5.74) is 0.0515. The average Bonchev–Trinajstić information content (AvgIpc) is 3.18. The molecule has 1 amide bonds. The van der Waals surface area contributed by atoms with Gasteiger partial charge in [-0.3, -0.25) is 9.59 Å². The predicted octanol–water partition coefficient (Wildman–Crippen LogP) is 6.11. The van der Waals surface area contributed by atoms with Crippen LogP contribution in [-0.4, -0.2) is 23.2 Å². The van der Waals surface area contributed by atoms with Gasteiger partial charge in [0.15, 0.2) is 0 Å². The minimum Gasteiger partial charge on any atom is -0.497 e. The zero-order valence-electron chi connectivity index (χ0n) is 17.1. The fraction of sp³-hybridized carbons (Fsp3) is 0.0833. The summed E-state index contributed by atoms with van der Waals surface area (Å²) in [6.07, 6.45) is -3.17. The number of benzene rings is 2. The first kappa shape index (κ1) is 22.4. The topological polar surface area (TPSA) is 59.8 Å². The number of ether oxygens (including phenoxy) is 1. The number of hydrogen-bond acceptors (Lipinski definition) is 3. The maximum absolute atomic E-state index is 13.4. The van der Waals surface area contributed by atoms with Gasteiger partial charge in [0.25, 0.3) is 11.7 Å². The van der Waals surface area contributed by atoms with Crippen molar-refractivity contribution in [2.45, 2.75) is 6.18 Å². The van der Waals surface area contributed by atoms with E-state index in [0.29, 0.717) is 28.5 Å². The van der Waals surface area contributed by atoms with E-state index in [-0.39, 0.29) is 10.7 Å². The van der Waals surface area contributed by atoms with E-state index in [1.54, 1.807) is 54.7 Å². The number of carbonyl (C=O) groups is 2. The fourth-order valence-corrected chi connectivity index (χ4v) is 3.66. The number of alkyl halides is 3. The molecule has 4 rings (SSSR count). The van der Waals surface area contributed by atoms with Crippen molar-refractivity contribution in [3.63, 3.8) is 0 Å². The normalized spacial score (nSPS) is 11.4. The number of Topliss-reactive ketones (excluding diaryl/α,β-unsaturated/α-hetero) is 1. The van der Waals surface area contributed by atoms with Gasteiger partial charge in [0.05, 0.1) is 18.4 Å². The van der Waals surface area contributed by atoms with Crippen LogP contribution in [0.3, 0.4) is 0 Å². The van der Waals surface area contributed by atoms with Crippen molar-refractivity contribution < 1.29 is 27.5 Å². The molecule has 4 aromatic rings. The lowest BCUT2D eigenvalue weighted by Gasteiger charge is -2.14. The molecular weight excluding hydrogens is 457 g/mol. The Morgan fingerprint density at radius 3 is 2.39 bits per heavy atom. The Hall–Kier alpha value is -3.78. The third-order valence-electron chi connectivity index (χ3n) is 5.04. The third-order valence-corrected chi connectivity index (χ3v) is 5.27. The van der Waals surface area contributed by atoms with Crippen LogP contribution in [0.15, 0.2) is 72.9 Å². The molecule has 0 aliphatic rings. The summed E-state index contributed by atoms with van der Waals surface area (Å²) in [5, 5.41) is 1.95. The summed E-state index contributed by atoms with van der Waals surface area (Å²) in [7, 11) is 1.52. The van der Waals surface area contributed by atoms with Gasteiger partial charge in [0, 0.05) is 22.3 Å². The summed E-state index contributed by atoms with van der Waals surface area (Å²) >= 11 is 5.69. The molecule has 2 aromatic carbocycles. The van der Waals surface area contributed by atoms with Gasteiger partial charge in [0.1, 0.15) is 11.4 Å². The highest BCUT2D eigenvalue weighted by molar-refractivity contribution is 6.47. The van der Waals surface area contributed by atoms with Crippen LogP contribution in [0.4, 0.5) is 18.9 Å². The molecule has 168 valence electrons. The van der Waals surface area contributed by atoms with E-state index in [4.69, 9.17) is 16.3 Å². The quantitative estimate of drug-likeness (QED) is 0.282. The standard InChI is InChI=1S/C24H16ClF3N2O3/c1-33-17-8-5-14(6-9-17)18-13-16-4-2-3-11-30(16)21(18)22(31)23(32)29-20-10-7-15(25)12-19(20)24(26,27)28/h2-13H,1H3,(H,29,32). The van der Waals surface area contributed by atoms with E-state index >= 15 is 0 Å². The van der Waals surface area contributed by atoms with Crippen molar-refractivity contribution in [2.75, 3.05) is 12.4 Å². The number of halogens is 4. The number of nitrogens with zero attached hydrogens (tertiary/aromatic N) is 1. The molecule has 0 radical (unpaired) electrons. The number of anilines is 1. The number of carbonyl (C=O) groups excluding carboxylic acids is 2. The molecule has 33 heavy (non-hydrogen) atoms. The van der Waals surface area contributed by atoms with Crippen LogP contribution in [0.25, 0.3) is 16.6 Å². The summed E-state index contributed by atoms with van der Waals surface area (Å²) in [4.78, 5) is 26.0. The highest BCUT2D eigenvalue weighted by Crippen LogP contribution is 2.37. The number of hydrogen-bond donors (Lipinski definition) is 1. The van der Waals surface area contributed by atoms with E-state index in [0.717, 1.165) is 6.07 Å². The predicted molar refractivity (Wildman–Crippen MR) is 119 cm³/mol. The summed E-state index contributed by atoms with van der Waals surface area (Å²) in [5.74, 6) is -1.59. The van der Waals surface area contributed by atoms with Crippen LogP contribution >= 0.6 is 11.6 Å². The second kappa shape index (κ2) is 8.63. The molecule has 0 atom stereocenters. The van der Waals surface area contributed by atoms with Gasteiger partial charge in [-0.15, -0.1) is 0 Å². The zero-order valence-corrected chi connectivity index (χ0v) is 17.9. The van der Waals surface area contributed by atoms with E-state index in [1.165, 1.54) is 17.6 Å². The van der Waals surface area contributed by atoms with Crippen LogP contribution in [-0.2, 0) is 11.0 Å². The molecule has 0 bridgehead atoms. The van der Waals surface area contributed by atoms with E-state index in [9.17, 15) is 22.8 Å². The van der Waals surface area contributed by atoms with Crippen molar-refractivity contribution in [1.29, 1.82) is 0 Å². The maximum Gasteiger partial charge on any atom is 0.418 e. The lowest BCUT2D eigenvalue weighted by molar-refractivity contribution is -0.137. The average molecular weight is 473 g/mol. The first-order valence-electron chi connectivity index (χ1n) is 9.66. The molecule has 0 spiro atoms. The van der Waals surface area contributed by atoms with E-state index in [1.807, 2.05) is 0 Å². The number of pyridine rings is 1. The molecule has 0 unspecified atom stereocenters. The van der Waals surface area contributed by atoms with Gasteiger partial charge in [-0.05, 0) is 54.1 Å². The number of rotatable bonds is 5. The van der Waals surface area contributed by atoms with E-state index in [2.05, 4.69) is 5.32 Å². The van der Waals surface area contributed by atoms with Crippen molar-refractivity contribution in [3.8, 4) is 16.9 Å². The van der Waals surface area contributed by atoms with Crippen LogP contribution < -0.4 is 10.1 Å². The molecule has 0 saturated carbocycles. The molecule has 0 saturated heterocycles. The van der Waals surface area contributed by atoms with Gasteiger partial charge in [-0.1, -0.05) is 29.8 Å². The molecule has 0 aliphatic heterocycles. The Kier molecular flexibility index (Phi) is 5.86. The lowest BCUT2D eigenvalue weighted by atomic mass is 10.0. The Morgan fingerprint density at radius 1 is 1.00 bits per heavy atom. The smallest absolute Gasteiger partial charge is 0.418 e. The SMILES string of the molecule is COc1ccc(-c2cc3ccccn3c2C(=O)C(=O)Nc2ccc(Cl)cc2C(F)(F)F)cc1. The summed E-state index contributed by atoms with van der Waals surface area (Å²) in [6, 6.07) is 16.7. The summed E-state index contributed by atoms with van der Waals surface area (Å²) in [6.45, 7) is 0. The van der Waals surface area contributed by atoms with Crippen molar-refractivity contribution in [2.24, 2.45) is 0 Å². The number of methoxy groups -OCH3 is 1. The fourth-order valence-electron chi connectivity index (χ4n) is 3.49. The van der Waals surface area contributed by atoms with Gasteiger partial charge in [-0.2, -0.15) is 13.2 Å². The minimum atomic E-state index is -4.77. The van der Waals surface area contributed by atoms with Crippen LogP contribution in [0.1, 0.15) is 16.1 Å². The van der Waals surface area contributed by atoms with Gasteiger partial charge in [0.2, 0.25) is 0 Å². The van der Waals surface area contributed by atoms with Crippen molar-refractivity contribution in [1.82, 2.24) is 4.40 Å². The number of amides is 1.